The number of unbranched alkanes of at least 4 members (excludes halogenated alkanes) is 1. The monoisotopic (exact) mass is 379 g/mol. The lowest BCUT2D eigenvalue weighted by atomic mass is 10.2. The maximum atomic E-state index is 12.5. The smallest absolute Gasteiger partial charge is 0.240 e. The van der Waals surface area contributed by atoms with Gasteiger partial charge >= 0.3 is 0 Å². The van der Waals surface area contributed by atoms with Gasteiger partial charge in [0.15, 0.2) is 0 Å². The van der Waals surface area contributed by atoms with Crippen LogP contribution in [0.1, 0.15) is 25.3 Å². The maximum Gasteiger partial charge on any atom is 0.240 e. The summed E-state index contributed by atoms with van der Waals surface area (Å²) in [5.41, 5.74) is 0.719. The number of ether oxygens (including phenoxy) is 3. The van der Waals surface area contributed by atoms with Crippen LogP contribution in [0.3, 0.4) is 0 Å². The number of methoxy groups -OCH3 is 2. The third kappa shape index (κ3) is 5.37. The van der Waals surface area contributed by atoms with Gasteiger partial charge in [-0.15, -0.1) is 0 Å². The summed E-state index contributed by atoms with van der Waals surface area (Å²) in [5, 5.41) is 0. The summed E-state index contributed by atoms with van der Waals surface area (Å²) in [6.45, 7) is 2.82. The van der Waals surface area contributed by atoms with E-state index < -0.39 is 10.0 Å². The predicted octanol–water partition coefficient (Wildman–Crippen LogP) is 3.36. The molecule has 2 aromatic rings. The molecule has 1 N–H and O–H groups in total. The van der Waals surface area contributed by atoms with E-state index in [9.17, 15) is 8.42 Å². The first-order valence-electron chi connectivity index (χ1n) is 8.43. The topological polar surface area (TPSA) is 73.9 Å². The van der Waals surface area contributed by atoms with Gasteiger partial charge in [0.2, 0.25) is 10.0 Å². The lowest BCUT2D eigenvalue weighted by Crippen LogP contribution is -2.23. The van der Waals surface area contributed by atoms with Crippen LogP contribution in [0.25, 0.3) is 0 Å². The second-order valence-electron chi connectivity index (χ2n) is 5.68. The lowest BCUT2D eigenvalue weighted by Gasteiger charge is -2.12. The van der Waals surface area contributed by atoms with Gasteiger partial charge in [-0.1, -0.05) is 19.4 Å². The first kappa shape index (κ1) is 20.1. The second-order valence-corrected chi connectivity index (χ2v) is 7.44. The van der Waals surface area contributed by atoms with Crippen LogP contribution in [0, 0.1) is 0 Å². The van der Waals surface area contributed by atoms with Crippen molar-refractivity contribution < 1.29 is 22.6 Å². The van der Waals surface area contributed by atoms with Gasteiger partial charge in [0.25, 0.3) is 0 Å². The fraction of sp³-hybridized carbons (Fsp3) is 0.368. The molecule has 26 heavy (non-hydrogen) atoms. The molecule has 0 radical (unpaired) electrons. The Bertz CT molecular complexity index is 803. The normalized spacial score (nSPS) is 11.2. The zero-order valence-corrected chi connectivity index (χ0v) is 16.1. The van der Waals surface area contributed by atoms with E-state index >= 15 is 0 Å². The van der Waals surface area contributed by atoms with Gasteiger partial charge in [0.05, 0.1) is 25.7 Å². The summed E-state index contributed by atoms with van der Waals surface area (Å²) >= 11 is 0. The average Bonchev–Trinajstić information content (AvgIpc) is 2.67. The highest BCUT2D eigenvalue weighted by atomic mass is 32.2. The molecule has 0 amide bonds. The molecule has 6 nitrogen and oxygen atoms in total. The second kappa shape index (κ2) is 9.45. The molecule has 0 spiro atoms. The summed E-state index contributed by atoms with van der Waals surface area (Å²) in [5.74, 6) is 1.87. The van der Waals surface area contributed by atoms with E-state index in [-0.39, 0.29) is 11.4 Å². The SMILES string of the molecule is CCCCOc1ccc(S(=O)(=O)NCc2ccc(OC)cc2OC)cc1. The molecule has 0 bridgehead atoms. The fourth-order valence-corrected chi connectivity index (χ4v) is 3.31. The summed E-state index contributed by atoms with van der Waals surface area (Å²) in [7, 11) is -0.539. The van der Waals surface area contributed by atoms with Crippen LogP contribution < -0.4 is 18.9 Å². The number of sulfonamides is 1. The summed E-state index contributed by atoms with van der Waals surface area (Å²) < 4.78 is 43.5. The average molecular weight is 379 g/mol. The van der Waals surface area contributed by atoms with Crippen LogP contribution in [-0.2, 0) is 16.6 Å². The third-order valence-electron chi connectivity index (χ3n) is 3.85. The number of benzene rings is 2. The third-order valence-corrected chi connectivity index (χ3v) is 5.26. The van der Waals surface area contributed by atoms with Gasteiger partial charge in [0.1, 0.15) is 17.2 Å². The minimum atomic E-state index is -3.63. The molecule has 2 aromatic carbocycles. The molecule has 0 fully saturated rings. The summed E-state index contributed by atoms with van der Waals surface area (Å²) in [6.07, 6.45) is 2.01. The van der Waals surface area contributed by atoms with Gasteiger partial charge in [-0.25, -0.2) is 13.1 Å². The zero-order valence-electron chi connectivity index (χ0n) is 15.3. The quantitative estimate of drug-likeness (QED) is 0.641. The first-order valence-corrected chi connectivity index (χ1v) is 9.92. The fourth-order valence-electron chi connectivity index (χ4n) is 2.30. The van der Waals surface area contributed by atoms with Crippen molar-refractivity contribution in [2.75, 3.05) is 20.8 Å². The van der Waals surface area contributed by atoms with E-state index in [1.165, 1.54) is 19.2 Å². The van der Waals surface area contributed by atoms with Crippen molar-refractivity contribution in [1.29, 1.82) is 0 Å². The molecule has 0 aliphatic rings. The van der Waals surface area contributed by atoms with Crippen molar-refractivity contribution in [3.05, 3.63) is 48.0 Å². The van der Waals surface area contributed by atoms with Crippen molar-refractivity contribution in [2.24, 2.45) is 0 Å². The molecule has 0 saturated heterocycles. The van der Waals surface area contributed by atoms with Crippen LogP contribution in [0.5, 0.6) is 17.2 Å². The highest BCUT2D eigenvalue weighted by Crippen LogP contribution is 2.25. The largest absolute Gasteiger partial charge is 0.497 e. The molecule has 0 heterocycles. The molecular weight excluding hydrogens is 354 g/mol. The van der Waals surface area contributed by atoms with Crippen LogP contribution in [0.4, 0.5) is 0 Å². The van der Waals surface area contributed by atoms with E-state index in [1.807, 2.05) is 0 Å². The van der Waals surface area contributed by atoms with Crippen molar-refractivity contribution in [3.63, 3.8) is 0 Å². The Balaban J connectivity index is 2.04. The van der Waals surface area contributed by atoms with E-state index in [2.05, 4.69) is 11.6 Å². The standard InChI is InChI=1S/C19H25NO5S/c1-4-5-12-25-16-8-10-18(11-9-16)26(21,22)20-14-15-6-7-17(23-2)13-19(15)24-3/h6-11,13,20H,4-5,12,14H2,1-3H3. The zero-order chi connectivity index (χ0) is 19.0. The Labute approximate surface area is 155 Å². The Morgan fingerprint density at radius 2 is 1.65 bits per heavy atom. The number of rotatable bonds is 10. The van der Waals surface area contributed by atoms with Gasteiger partial charge in [-0.3, -0.25) is 0 Å². The lowest BCUT2D eigenvalue weighted by molar-refractivity contribution is 0.309. The van der Waals surface area contributed by atoms with E-state index in [1.54, 1.807) is 37.4 Å². The predicted molar refractivity (Wildman–Crippen MR) is 100 cm³/mol. The van der Waals surface area contributed by atoms with Crippen LogP contribution in [0.2, 0.25) is 0 Å². The van der Waals surface area contributed by atoms with Crippen molar-refractivity contribution in [1.82, 2.24) is 4.72 Å². The van der Waals surface area contributed by atoms with Gasteiger partial charge in [-0.05, 0) is 36.8 Å². The van der Waals surface area contributed by atoms with E-state index in [0.717, 1.165) is 18.4 Å². The molecule has 0 aliphatic carbocycles. The van der Waals surface area contributed by atoms with E-state index in [4.69, 9.17) is 14.2 Å². The van der Waals surface area contributed by atoms with Crippen molar-refractivity contribution >= 4 is 10.0 Å². The molecule has 0 aliphatic heterocycles. The van der Waals surface area contributed by atoms with Crippen molar-refractivity contribution in [2.45, 2.75) is 31.2 Å². The Hall–Kier alpha value is -2.25. The highest BCUT2D eigenvalue weighted by Gasteiger charge is 2.15. The summed E-state index contributed by atoms with van der Waals surface area (Å²) in [6, 6.07) is 11.6. The molecule has 0 aromatic heterocycles. The molecule has 0 saturated carbocycles. The molecule has 2 rings (SSSR count). The maximum absolute atomic E-state index is 12.5. The molecular formula is C19H25NO5S. The number of hydrogen-bond donors (Lipinski definition) is 1. The van der Waals surface area contributed by atoms with E-state index in [0.29, 0.717) is 23.9 Å². The molecule has 7 heteroatoms. The Morgan fingerprint density at radius 3 is 2.27 bits per heavy atom. The van der Waals surface area contributed by atoms with Gasteiger partial charge in [-0.2, -0.15) is 0 Å². The van der Waals surface area contributed by atoms with Gasteiger partial charge < -0.3 is 14.2 Å². The number of nitrogens with one attached hydrogen (secondary N) is 1. The van der Waals surface area contributed by atoms with Crippen LogP contribution >= 0.6 is 0 Å². The van der Waals surface area contributed by atoms with Gasteiger partial charge in [0, 0.05) is 18.2 Å². The molecule has 142 valence electrons. The minimum absolute atomic E-state index is 0.115. The minimum Gasteiger partial charge on any atom is -0.497 e. The first-order chi connectivity index (χ1) is 12.5. The number of hydrogen-bond acceptors (Lipinski definition) is 5. The molecule has 0 unspecified atom stereocenters. The Morgan fingerprint density at radius 1 is 0.962 bits per heavy atom. The molecule has 0 atom stereocenters. The Kier molecular flexibility index (Phi) is 7.29. The van der Waals surface area contributed by atoms with Crippen molar-refractivity contribution in [3.8, 4) is 17.2 Å². The van der Waals surface area contributed by atoms with Crippen LogP contribution in [-0.4, -0.2) is 29.2 Å². The summed E-state index contributed by atoms with van der Waals surface area (Å²) in [4.78, 5) is 0.188. The van der Waals surface area contributed by atoms with Crippen LogP contribution in [0.15, 0.2) is 47.4 Å². The highest BCUT2D eigenvalue weighted by molar-refractivity contribution is 7.89.